The highest BCUT2D eigenvalue weighted by Crippen LogP contribution is 2.28. The fourth-order valence-corrected chi connectivity index (χ4v) is 5.05. The number of hydrogen-bond donors (Lipinski definition) is 1. The number of anilines is 1. The molecule has 0 spiro atoms. The van der Waals surface area contributed by atoms with Gasteiger partial charge in [-0.15, -0.1) is 0 Å². The number of rotatable bonds is 6. The van der Waals surface area contributed by atoms with Crippen molar-refractivity contribution in [1.29, 1.82) is 0 Å². The Labute approximate surface area is 172 Å². The molecule has 2 aromatic rings. The van der Waals surface area contributed by atoms with Crippen molar-refractivity contribution in [3.8, 4) is 5.75 Å². The lowest BCUT2D eigenvalue weighted by atomic mass is 10.1. The zero-order valence-electron chi connectivity index (χ0n) is 17.1. The van der Waals surface area contributed by atoms with Gasteiger partial charge in [-0.3, -0.25) is 9.10 Å². The largest absolute Gasteiger partial charge is 0.491 e. The average molecular weight is 417 g/mol. The van der Waals surface area contributed by atoms with Crippen LogP contribution in [0.5, 0.6) is 5.75 Å². The third-order valence-electron chi connectivity index (χ3n) is 5.05. The second-order valence-electron chi connectivity index (χ2n) is 7.55. The summed E-state index contributed by atoms with van der Waals surface area (Å²) in [7, 11) is -3.33. The quantitative estimate of drug-likeness (QED) is 0.783. The van der Waals surface area contributed by atoms with Crippen molar-refractivity contribution in [2.45, 2.75) is 39.7 Å². The van der Waals surface area contributed by atoms with Crippen LogP contribution in [0.25, 0.3) is 0 Å². The molecule has 1 N–H and O–H groups in total. The zero-order chi connectivity index (χ0) is 21.0. The van der Waals surface area contributed by atoms with Gasteiger partial charge in [0.1, 0.15) is 12.4 Å². The van der Waals surface area contributed by atoms with E-state index in [9.17, 15) is 13.2 Å². The molecule has 0 bridgehead atoms. The van der Waals surface area contributed by atoms with Crippen molar-refractivity contribution in [3.63, 3.8) is 0 Å². The molecule has 6 nitrogen and oxygen atoms in total. The molecule has 1 fully saturated rings. The van der Waals surface area contributed by atoms with Gasteiger partial charge in [-0.2, -0.15) is 0 Å². The van der Waals surface area contributed by atoms with Gasteiger partial charge in [-0.05, 0) is 62.9 Å². The monoisotopic (exact) mass is 416 g/mol. The van der Waals surface area contributed by atoms with E-state index in [1.807, 2.05) is 45.0 Å². The topological polar surface area (TPSA) is 75.7 Å². The van der Waals surface area contributed by atoms with E-state index < -0.39 is 10.0 Å². The summed E-state index contributed by atoms with van der Waals surface area (Å²) in [5.41, 5.74) is 2.90. The van der Waals surface area contributed by atoms with Gasteiger partial charge >= 0.3 is 0 Å². The van der Waals surface area contributed by atoms with Crippen LogP contribution in [-0.4, -0.2) is 39.3 Å². The molecule has 1 heterocycles. The van der Waals surface area contributed by atoms with Gasteiger partial charge < -0.3 is 10.1 Å². The van der Waals surface area contributed by atoms with Crippen LogP contribution in [0.1, 0.15) is 41.3 Å². The fraction of sp³-hybridized carbons (Fsp3) is 0.409. The van der Waals surface area contributed by atoms with E-state index >= 15 is 0 Å². The summed E-state index contributed by atoms with van der Waals surface area (Å²) in [5, 5.41) is 2.92. The lowest BCUT2D eigenvalue weighted by Gasteiger charge is -2.29. The highest BCUT2D eigenvalue weighted by Gasteiger charge is 2.27. The van der Waals surface area contributed by atoms with Crippen molar-refractivity contribution in [3.05, 3.63) is 59.2 Å². The number of para-hydroxylation sites is 1. The molecule has 0 aliphatic carbocycles. The number of sulfonamides is 1. The molecule has 29 heavy (non-hydrogen) atoms. The number of carbonyl (C=O) groups excluding carboxylic acids is 1. The van der Waals surface area contributed by atoms with Crippen molar-refractivity contribution >= 4 is 21.6 Å². The molecule has 0 unspecified atom stereocenters. The Hall–Kier alpha value is -2.54. The molecule has 0 radical (unpaired) electrons. The predicted octanol–water partition coefficient (Wildman–Crippen LogP) is 3.43. The van der Waals surface area contributed by atoms with E-state index in [2.05, 4.69) is 5.32 Å². The molecule has 2 aromatic carbocycles. The smallest absolute Gasteiger partial charge is 0.251 e. The summed E-state index contributed by atoms with van der Waals surface area (Å²) in [4.78, 5) is 12.7. The normalized spacial score (nSPS) is 16.9. The Balaban J connectivity index is 1.68. The van der Waals surface area contributed by atoms with Gasteiger partial charge in [0.25, 0.3) is 5.91 Å². The van der Waals surface area contributed by atoms with Crippen LogP contribution in [0.3, 0.4) is 0 Å². The average Bonchev–Trinajstić information content (AvgIpc) is 2.67. The molecule has 0 saturated carbocycles. The number of benzene rings is 2. The van der Waals surface area contributed by atoms with Gasteiger partial charge in [0.05, 0.1) is 17.5 Å². The lowest BCUT2D eigenvalue weighted by molar-refractivity contribution is 0.0926. The first-order chi connectivity index (χ1) is 13.8. The fourth-order valence-electron chi connectivity index (χ4n) is 3.36. The van der Waals surface area contributed by atoms with Gasteiger partial charge in [0.2, 0.25) is 10.0 Å². The van der Waals surface area contributed by atoms with E-state index in [1.165, 1.54) is 4.31 Å². The second-order valence-corrected chi connectivity index (χ2v) is 9.56. The van der Waals surface area contributed by atoms with Gasteiger partial charge in [-0.25, -0.2) is 8.42 Å². The summed E-state index contributed by atoms with van der Waals surface area (Å²) >= 11 is 0. The van der Waals surface area contributed by atoms with E-state index in [1.54, 1.807) is 18.2 Å². The van der Waals surface area contributed by atoms with Gasteiger partial charge in [0.15, 0.2) is 0 Å². The second kappa shape index (κ2) is 8.86. The molecule has 3 rings (SSSR count). The molecule has 1 atom stereocenters. The summed E-state index contributed by atoms with van der Waals surface area (Å²) in [5.74, 6) is 0.693. The third-order valence-corrected chi connectivity index (χ3v) is 6.90. The van der Waals surface area contributed by atoms with Crippen LogP contribution < -0.4 is 14.4 Å². The van der Waals surface area contributed by atoms with Crippen LogP contribution in [-0.2, 0) is 10.0 Å². The summed E-state index contributed by atoms with van der Waals surface area (Å²) < 4.78 is 32.1. The molecule has 1 saturated heterocycles. The maximum Gasteiger partial charge on any atom is 0.251 e. The van der Waals surface area contributed by atoms with E-state index in [4.69, 9.17) is 4.74 Å². The number of ether oxygens (including phenoxy) is 1. The minimum atomic E-state index is -3.33. The van der Waals surface area contributed by atoms with Gasteiger partial charge in [-0.1, -0.05) is 24.3 Å². The summed E-state index contributed by atoms with van der Waals surface area (Å²) in [6.07, 6.45) is 1.50. The van der Waals surface area contributed by atoms with Crippen LogP contribution in [0.2, 0.25) is 0 Å². The minimum Gasteiger partial charge on any atom is -0.491 e. The Morgan fingerprint density at radius 3 is 2.62 bits per heavy atom. The molecular formula is C22H28N2O4S. The Morgan fingerprint density at radius 1 is 1.14 bits per heavy atom. The number of nitrogens with zero attached hydrogens (tertiary/aromatic N) is 1. The highest BCUT2D eigenvalue weighted by atomic mass is 32.2. The molecule has 7 heteroatoms. The number of nitrogens with one attached hydrogen (secondary N) is 1. The molecule has 0 aromatic heterocycles. The molecule has 1 aliphatic rings. The van der Waals surface area contributed by atoms with Crippen molar-refractivity contribution in [1.82, 2.24) is 5.32 Å². The van der Waals surface area contributed by atoms with E-state index in [-0.39, 0.29) is 17.7 Å². The Bertz CT molecular complexity index is 988. The molecule has 156 valence electrons. The highest BCUT2D eigenvalue weighted by molar-refractivity contribution is 7.92. The first-order valence-electron chi connectivity index (χ1n) is 9.88. The predicted molar refractivity (Wildman–Crippen MR) is 115 cm³/mol. The van der Waals surface area contributed by atoms with Gasteiger partial charge in [0, 0.05) is 12.1 Å². The third kappa shape index (κ3) is 5.09. The van der Waals surface area contributed by atoms with Crippen molar-refractivity contribution in [2.24, 2.45) is 0 Å². The Morgan fingerprint density at radius 2 is 1.90 bits per heavy atom. The van der Waals surface area contributed by atoms with Crippen LogP contribution in [0.4, 0.5) is 5.69 Å². The van der Waals surface area contributed by atoms with E-state index in [0.29, 0.717) is 30.8 Å². The molecular weight excluding hydrogens is 388 g/mol. The van der Waals surface area contributed by atoms with Crippen LogP contribution in [0.15, 0.2) is 42.5 Å². The SMILES string of the molecule is Cc1ccccc1OC[C@@H](C)NC(=O)c1ccc(C)c(N2CCCCS2(=O)=O)c1. The zero-order valence-corrected chi connectivity index (χ0v) is 18.0. The standard InChI is InChI=1S/C22H28N2O4S/c1-16-10-11-19(14-20(16)24-12-6-7-13-29(24,26)27)22(25)23-18(3)15-28-21-9-5-4-8-17(21)2/h4-5,8-11,14,18H,6-7,12-13,15H2,1-3H3,(H,23,25)/t18-/m1/s1. The number of hydrogen-bond acceptors (Lipinski definition) is 4. The number of carbonyl (C=O) groups is 1. The minimum absolute atomic E-state index is 0.149. The molecule has 1 amide bonds. The molecule has 1 aliphatic heterocycles. The number of aryl methyl sites for hydroxylation is 2. The van der Waals surface area contributed by atoms with E-state index in [0.717, 1.165) is 23.3 Å². The summed E-state index contributed by atoms with van der Waals surface area (Å²) in [6, 6.07) is 12.7. The van der Waals surface area contributed by atoms with Crippen molar-refractivity contribution < 1.29 is 17.9 Å². The first kappa shape index (κ1) is 21.2. The van der Waals surface area contributed by atoms with Crippen LogP contribution >= 0.6 is 0 Å². The maximum atomic E-state index is 12.7. The Kier molecular flexibility index (Phi) is 6.47. The van der Waals surface area contributed by atoms with Crippen LogP contribution in [0, 0.1) is 13.8 Å². The summed E-state index contributed by atoms with van der Waals surface area (Å²) in [6.45, 7) is 6.51. The number of amides is 1. The first-order valence-corrected chi connectivity index (χ1v) is 11.5. The lowest BCUT2D eigenvalue weighted by Crippen LogP contribution is -2.39. The van der Waals surface area contributed by atoms with Crippen molar-refractivity contribution in [2.75, 3.05) is 23.2 Å². The maximum absolute atomic E-state index is 12.7.